The highest BCUT2D eigenvalue weighted by Gasteiger charge is 2.25. The zero-order valence-corrected chi connectivity index (χ0v) is 21.7. The summed E-state index contributed by atoms with van der Waals surface area (Å²) in [7, 11) is 0. The minimum atomic E-state index is -0.586. The van der Waals surface area contributed by atoms with Crippen molar-refractivity contribution >= 4 is 22.8 Å². The summed E-state index contributed by atoms with van der Waals surface area (Å²) >= 11 is 0. The van der Waals surface area contributed by atoms with Gasteiger partial charge in [-0.1, -0.05) is 48.5 Å². The van der Waals surface area contributed by atoms with Crippen LogP contribution in [0.15, 0.2) is 60.7 Å². The molecule has 1 aliphatic rings. The maximum absolute atomic E-state index is 12.6. The molecule has 192 valence electrons. The Bertz CT molecular complexity index is 1410. The first-order valence-electron chi connectivity index (χ1n) is 12.6. The zero-order valence-electron chi connectivity index (χ0n) is 21.7. The van der Waals surface area contributed by atoms with E-state index in [1.807, 2.05) is 74.7 Å². The number of nitrogens with one attached hydrogen (secondary N) is 2. The topological polar surface area (TPSA) is 90.3 Å². The van der Waals surface area contributed by atoms with E-state index in [0.29, 0.717) is 25.7 Å². The van der Waals surface area contributed by atoms with E-state index in [2.05, 4.69) is 28.8 Å². The maximum atomic E-state index is 12.6. The molecule has 0 saturated carbocycles. The summed E-state index contributed by atoms with van der Waals surface area (Å²) in [6.45, 7) is 9.21. The zero-order chi connectivity index (χ0) is 26.0. The predicted octanol–water partition coefficient (Wildman–Crippen LogP) is 5.69. The molecule has 1 aliphatic heterocycles. The summed E-state index contributed by atoms with van der Waals surface area (Å²) in [5.41, 5.74) is 4.37. The lowest BCUT2D eigenvalue weighted by Crippen LogP contribution is -2.34. The standard InChI is InChI=1S/C29H33N5O3/c1-19(31-28(35)37-29(2,3)4)25-16-21-12-8-9-13-24(21)34(25)27-32-23-18-36-15-14-22(23)26(33-27)30-17-20-10-6-5-7-11-20/h5-13,16,19H,14-15,17-18H2,1-4H3,(H,31,35)(H,30,32,33). The number of benzene rings is 2. The molecule has 0 spiro atoms. The van der Waals surface area contributed by atoms with Gasteiger partial charge in [-0.15, -0.1) is 0 Å². The number of aromatic nitrogens is 3. The Labute approximate surface area is 217 Å². The van der Waals surface area contributed by atoms with E-state index >= 15 is 0 Å². The van der Waals surface area contributed by atoms with Crippen LogP contribution in [0.25, 0.3) is 16.9 Å². The van der Waals surface area contributed by atoms with Crippen LogP contribution in [0, 0.1) is 0 Å². The van der Waals surface area contributed by atoms with Crippen LogP contribution < -0.4 is 10.6 Å². The highest BCUT2D eigenvalue weighted by Crippen LogP contribution is 2.30. The van der Waals surface area contributed by atoms with Crippen LogP contribution in [0.1, 0.15) is 56.3 Å². The molecular weight excluding hydrogens is 466 g/mol. The van der Waals surface area contributed by atoms with Crippen LogP contribution >= 0.6 is 0 Å². The third-order valence-corrected chi connectivity index (χ3v) is 6.24. The summed E-state index contributed by atoms with van der Waals surface area (Å²) < 4.78 is 13.3. The molecule has 8 nitrogen and oxygen atoms in total. The summed E-state index contributed by atoms with van der Waals surface area (Å²) in [6.07, 6.45) is 0.282. The molecule has 5 rings (SSSR count). The fraction of sp³-hybridized carbons (Fsp3) is 0.345. The molecule has 2 aromatic carbocycles. The second-order valence-electron chi connectivity index (χ2n) is 10.3. The number of para-hydroxylation sites is 1. The van der Waals surface area contributed by atoms with Crippen molar-refractivity contribution < 1.29 is 14.3 Å². The molecule has 0 radical (unpaired) electrons. The second-order valence-corrected chi connectivity index (χ2v) is 10.3. The Balaban J connectivity index is 1.56. The minimum Gasteiger partial charge on any atom is -0.444 e. The Morgan fingerprint density at radius 3 is 2.65 bits per heavy atom. The molecule has 1 amide bonds. The van der Waals surface area contributed by atoms with Gasteiger partial charge in [0.25, 0.3) is 0 Å². The number of carbonyl (C=O) groups is 1. The monoisotopic (exact) mass is 499 g/mol. The molecule has 1 unspecified atom stereocenters. The van der Waals surface area contributed by atoms with Crippen molar-refractivity contribution in [2.45, 2.75) is 58.9 Å². The molecule has 4 aromatic rings. The lowest BCUT2D eigenvalue weighted by molar-refractivity contribution is 0.0506. The van der Waals surface area contributed by atoms with Gasteiger partial charge in [-0.25, -0.2) is 9.78 Å². The lowest BCUT2D eigenvalue weighted by atomic mass is 10.1. The highest BCUT2D eigenvalue weighted by atomic mass is 16.6. The molecule has 2 aromatic heterocycles. The van der Waals surface area contributed by atoms with E-state index in [1.165, 1.54) is 5.56 Å². The van der Waals surface area contributed by atoms with Crippen LogP contribution in [0.5, 0.6) is 0 Å². The van der Waals surface area contributed by atoms with Crippen LogP contribution in [0.4, 0.5) is 10.6 Å². The van der Waals surface area contributed by atoms with E-state index in [0.717, 1.165) is 40.1 Å². The molecule has 37 heavy (non-hydrogen) atoms. The Hall–Kier alpha value is -3.91. The number of carbonyl (C=O) groups excluding carboxylic acids is 1. The van der Waals surface area contributed by atoms with E-state index < -0.39 is 11.7 Å². The highest BCUT2D eigenvalue weighted by molar-refractivity contribution is 5.83. The third kappa shape index (κ3) is 5.59. The predicted molar refractivity (Wildman–Crippen MR) is 144 cm³/mol. The average Bonchev–Trinajstić information content (AvgIpc) is 3.26. The van der Waals surface area contributed by atoms with Gasteiger partial charge in [0.1, 0.15) is 11.4 Å². The molecule has 0 fully saturated rings. The molecule has 1 atom stereocenters. The first-order chi connectivity index (χ1) is 17.8. The van der Waals surface area contributed by atoms with Crippen molar-refractivity contribution in [1.82, 2.24) is 19.9 Å². The van der Waals surface area contributed by atoms with E-state index in [1.54, 1.807) is 0 Å². The van der Waals surface area contributed by atoms with Gasteiger partial charge >= 0.3 is 6.09 Å². The van der Waals surface area contributed by atoms with Gasteiger partial charge in [0.15, 0.2) is 0 Å². The molecule has 2 N–H and O–H groups in total. The minimum absolute atomic E-state index is 0.348. The van der Waals surface area contributed by atoms with E-state index in [-0.39, 0.29) is 6.04 Å². The number of ether oxygens (including phenoxy) is 2. The maximum Gasteiger partial charge on any atom is 0.408 e. The molecule has 0 bridgehead atoms. The van der Waals surface area contributed by atoms with Gasteiger partial charge in [0.05, 0.1) is 30.5 Å². The molecular formula is C29H33N5O3. The quantitative estimate of drug-likeness (QED) is 0.354. The number of amides is 1. The van der Waals surface area contributed by atoms with Gasteiger partial charge in [-0.05, 0) is 45.4 Å². The molecule has 3 heterocycles. The van der Waals surface area contributed by atoms with Crippen molar-refractivity contribution in [2.75, 3.05) is 11.9 Å². The normalized spacial score (nSPS) is 14.2. The van der Waals surface area contributed by atoms with Crippen LogP contribution in [-0.2, 0) is 29.0 Å². The van der Waals surface area contributed by atoms with Crippen molar-refractivity contribution in [2.24, 2.45) is 0 Å². The first kappa shape index (κ1) is 24.8. The van der Waals surface area contributed by atoms with Crippen molar-refractivity contribution in [3.8, 4) is 5.95 Å². The van der Waals surface area contributed by atoms with Crippen LogP contribution in [0.2, 0.25) is 0 Å². The smallest absolute Gasteiger partial charge is 0.408 e. The number of hydrogen-bond acceptors (Lipinski definition) is 6. The van der Waals surface area contributed by atoms with Gasteiger partial charge < -0.3 is 20.1 Å². The van der Waals surface area contributed by atoms with E-state index in [9.17, 15) is 4.79 Å². The lowest BCUT2D eigenvalue weighted by Gasteiger charge is -2.24. The Morgan fingerprint density at radius 2 is 1.86 bits per heavy atom. The van der Waals surface area contributed by atoms with Crippen molar-refractivity contribution in [3.63, 3.8) is 0 Å². The number of anilines is 1. The van der Waals surface area contributed by atoms with Crippen LogP contribution in [0.3, 0.4) is 0 Å². The summed E-state index contributed by atoms with van der Waals surface area (Å²) in [6, 6.07) is 20.0. The SMILES string of the molecule is CC(NC(=O)OC(C)(C)C)c1cc2ccccc2n1-c1nc2c(c(NCc3ccccc3)n1)CCOC2. The van der Waals surface area contributed by atoms with Gasteiger partial charge in [0, 0.05) is 29.6 Å². The summed E-state index contributed by atoms with van der Waals surface area (Å²) in [5, 5.41) is 7.54. The number of fused-ring (bicyclic) bond motifs is 2. The summed E-state index contributed by atoms with van der Waals surface area (Å²) in [4.78, 5) is 22.5. The van der Waals surface area contributed by atoms with E-state index in [4.69, 9.17) is 19.4 Å². The number of hydrogen-bond donors (Lipinski definition) is 2. The molecule has 0 saturated heterocycles. The third-order valence-electron chi connectivity index (χ3n) is 6.24. The fourth-order valence-corrected chi connectivity index (χ4v) is 4.55. The largest absolute Gasteiger partial charge is 0.444 e. The Kier molecular flexibility index (Phi) is 6.84. The molecule has 0 aliphatic carbocycles. The first-order valence-corrected chi connectivity index (χ1v) is 12.6. The van der Waals surface area contributed by atoms with Crippen molar-refractivity contribution in [1.29, 1.82) is 0 Å². The van der Waals surface area contributed by atoms with Crippen molar-refractivity contribution in [3.05, 3.63) is 83.2 Å². The number of alkyl carbamates (subject to hydrolysis) is 1. The van der Waals surface area contributed by atoms with Crippen LogP contribution in [-0.4, -0.2) is 32.8 Å². The van der Waals surface area contributed by atoms with Gasteiger partial charge in [-0.3, -0.25) is 4.57 Å². The average molecular weight is 500 g/mol. The number of rotatable bonds is 6. The Morgan fingerprint density at radius 1 is 1.11 bits per heavy atom. The molecule has 8 heteroatoms. The second kappa shape index (κ2) is 10.2. The van der Waals surface area contributed by atoms with Gasteiger partial charge in [0.2, 0.25) is 5.95 Å². The summed E-state index contributed by atoms with van der Waals surface area (Å²) in [5.74, 6) is 1.34. The van der Waals surface area contributed by atoms with Gasteiger partial charge in [-0.2, -0.15) is 4.98 Å². The fourth-order valence-electron chi connectivity index (χ4n) is 4.55. The number of nitrogens with zero attached hydrogens (tertiary/aromatic N) is 3.